The minimum atomic E-state index is 0. The summed E-state index contributed by atoms with van der Waals surface area (Å²) in [5, 5.41) is 10.3. The van der Waals surface area contributed by atoms with Gasteiger partial charge in [-0.1, -0.05) is 103 Å². The summed E-state index contributed by atoms with van der Waals surface area (Å²) >= 11 is 0. The average Bonchev–Trinajstić information content (AvgIpc) is 2.89. The summed E-state index contributed by atoms with van der Waals surface area (Å²) in [6.45, 7) is 8.80. The molecule has 4 nitrogen and oxygen atoms in total. The van der Waals surface area contributed by atoms with Crippen LogP contribution in [-0.2, 0) is 0 Å². The number of hydrogen-bond acceptors (Lipinski definition) is 2. The number of piperidine rings is 2. The van der Waals surface area contributed by atoms with Gasteiger partial charge in [-0.05, 0) is 65.0 Å². The first-order valence-electron chi connectivity index (χ1n) is 13.3. The third-order valence-electron chi connectivity index (χ3n) is 7.14. The summed E-state index contributed by atoms with van der Waals surface area (Å²) in [5.41, 5.74) is 2.71. The monoisotopic (exact) mass is 460 g/mol. The average molecular weight is 461 g/mol. The van der Waals surface area contributed by atoms with Crippen LogP contribution in [0.5, 0.6) is 0 Å². The Morgan fingerprint density at radius 3 is 1.29 bits per heavy atom. The Bertz CT molecular complexity index is 699. The summed E-state index contributed by atoms with van der Waals surface area (Å²) in [5.74, 6) is 0. The number of rotatable bonds is 12. The second-order valence-corrected chi connectivity index (χ2v) is 9.74. The molecule has 0 N–H and O–H groups in total. The van der Waals surface area contributed by atoms with Gasteiger partial charge in [0.1, 0.15) is 0 Å². The zero-order valence-electron chi connectivity index (χ0n) is 22.3. The van der Waals surface area contributed by atoms with Crippen LogP contribution in [0.4, 0.5) is 0 Å². The van der Waals surface area contributed by atoms with Crippen molar-refractivity contribution in [2.24, 2.45) is 0 Å². The molecule has 6 heteroatoms. The molecular formula is C29H42Li2N4. The topological polar surface area (TPSA) is 34.7 Å². The largest absolute Gasteiger partial charge is 1.00 e. The van der Waals surface area contributed by atoms with Crippen molar-refractivity contribution in [2.45, 2.75) is 57.0 Å². The van der Waals surface area contributed by atoms with Crippen molar-refractivity contribution >= 4 is 0 Å². The molecule has 35 heavy (non-hydrogen) atoms. The van der Waals surface area contributed by atoms with Crippen molar-refractivity contribution < 1.29 is 37.7 Å². The molecule has 0 bridgehead atoms. The summed E-state index contributed by atoms with van der Waals surface area (Å²) in [6.07, 6.45) is 9.12. The summed E-state index contributed by atoms with van der Waals surface area (Å²) in [4.78, 5) is 5.22. The Hall–Kier alpha value is -0.525. The fourth-order valence-electron chi connectivity index (χ4n) is 5.23. The molecule has 2 aliphatic heterocycles. The Balaban J connectivity index is 0.00000216. The SMILES string of the molecule is [Li+].[Li+].c1ccc([C@H](CN2CCCCC2)[N-]CCC[N-][C@H](CN2CCCCC2)c2ccccc2)cc1. The third kappa shape index (κ3) is 10.8. The molecule has 2 aromatic carbocycles. The van der Waals surface area contributed by atoms with Crippen molar-refractivity contribution in [1.82, 2.24) is 9.80 Å². The predicted octanol–water partition coefficient (Wildman–Crippen LogP) is 0.586. The minimum Gasteiger partial charge on any atom is -0.655 e. The van der Waals surface area contributed by atoms with E-state index in [4.69, 9.17) is 10.6 Å². The molecule has 2 fully saturated rings. The smallest absolute Gasteiger partial charge is 0.655 e. The van der Waals surface area contributed by atoms with E-state index < -0.39 is 0 Å². The Kier molecular flexibility index (Phi) is 15.7. The minimum absolute atomic E-state index is 0. The summed E-state index contributed by atoms with van der Waals surface area (Å²) in [7, 11) is 0. The van der Waals surface area contributed by atoms with E-state index in [1.807, 2.05) is 0 Å². The molecule has 0 spiro atoms. The number of nitrogens with zero attached hydrogens (tertiary/aromatic N) is 4. The van der Waals surface area contributed by atoms with Crippen LogP contribution in [0.3, 0.4) is 0 Å². The molecule has 2 saturated heterocycles. The maximum atomic E-state index is 5.16. The van der Waals surface area contributed by atoms with Crippen LogP contribution >= 0.6 is 0 Å². The molecule has 0 aromatic heterocycles. The van der Waals surface area contributed by atoms with Crippen LogP contribution in [0.1, 0.15) is 68.2 Å². The van der Waals surface area contributed by atoms with E-state index in [0.29, 0.717) is 0 Å². The maximum absolute atomic E-state index is 5.16. The molecule has 0 radical (unpaired) electrons. The molecule has 2 atom stereocenters. The van der Waals surface area contributed by atoms with Crippen LogP contribution in [0.2, 0.25) is 0 Å². The van der Waals surface area contributed by atoms with Gasteiger partial charge in [-0.15, -0.1) is 0 Å². The van der Waals surface area contributed by atoms with Gasteiger partial charge >= 0.3 is 37.7 Å². The van der Waals surface area contributed by atoms with Crippen molar-refractivity contribution in [3.05, 3.63) is 82.4 Å². The Morgan fingerprint density at radius 2 is 0.914 bits per heavy atom. The van der Waals surface area contributed by atoms with E-state index in [9.17, 15) is 0 Å². The second kappa shape index (κ2) is 17.8. The van der Waals surface area contributed by atoms with E-state index in [0.717, 1.165) is 32.6 Å². The van der Waals surface area contributed by atoms with E-state index in [1.54, 1.807) is 0 Å². The van der Waals surface area contributed by atoms with Crippen molar-refractivity contribution in [2.75, 3.05) is 52.4 Å². The zero-order valence-corrected chi connectivity index (χ0v) is 22.3. The molecule has 0 aliphatic carbocycles. The first-order chi connectivity index (χ1) is 16.4. The second-order valence-electron chi connectivity index (χ2n) is 9.74. The van der Waals surface area contributed by atoms with Crippen LogP contribution in [-0.4, -0.2) is 62.2 Å². The van der Waals surface area contributed by atoms with E-state index in [2.05, 4.69) is 70.5 Å². The quantitative estimate of drug-likeness (QED) is 0.343. The van der Waals surface area contributed by atoms with Crippen molar-refractivity contribution in [1.29, 1.82) is 0 Å². The molecule has 2 heterocycles. The first-order valence-corrected chi connectivity index (χ1v) is 13.3. The molecule has 2 aromatic rings. The predicted molar refractivity (Wildman–Crippen MR) is 140 cm³/mol. The van der Waals surface area contributed by atoms with Crippen LogP contribution in [0, 0.1) is 0 Å². The number of hydrogen-bond donors (Lipinski definition) is 0. The van der Waals surface area contributed by atoms with Crippen molar-refractivity contribution in [3.8, 4) is 0 Å². The summed E-state index contributed by atoms with van der Waals surface area (Å²) in [6, 6.07) is 22.3. The van der Waals surface area contributed by atoms with Crippen LogP contribution < -0.4 is 37.7 Å². The standard InChI is InChI=1S/C29H42N4.2Li/c1-5-14-26(15-6-1)28(24-32-20-9-3-10-21-32)30-18-13-19-31-29(27-16-7-2-8-17-27)25-33-22-11-4-12-23-33;;/h1-2,5-8,14-17,28-29H,3-4,9-13,18-25H2;;/q-2;2*+1/t28-,29+;;. The molecule has 0 amide bonds. The summed E-state index contributed by atoms with van der Waals surface area (Å²) < 4.78 is 0. The first kappa shape index (κ1) is 30.7. The molecular weight excluding hydrogens is 418 g/mol. The normalized spacial score (nSPS) is 18.7. The van der Waals surface area contributed by atoms with Crippen LogP contribution in [0.15, 0.2) is 60.7 Å². The Morgan fingerprint density at radius 1 is 0.543 bits per heavy atom. The van der Waals surface area contributed by atoms with Gasteiger partial charge in [-0.25, -0.2) is 0 Å². The van der Waals surface area contributed by atoms with E-state index in [-0.39, 0.29) is 49.8 Å². The molecule has 2 aliphatic rings. The fraction of sp³-hybridized carbons (Fsp3) is 0.586. The van der Waals surface area contributed by atoms with Gasteiger partial charge in [0.25, 0.3) is 0 Å². The zero-order chi connectivity index (χ0) is 22.6. The fourth-order valence-corrected chi connectivity index (χ4v) is 5.23. The van der Waals surface area contributed by atoms with E-state index >= 15 is 0 Å². The van der Waals surface area contributed by atoms with E-state index in [1.165, 1.54) is 75.8 Å². The van der Waals surface area contributed by atoms with Gasteiger partial charge in [-0.2, -0.15) is 13.1 Å². The van der Waals surface area contributed by atoms with Gasteiger partial charge in [0, 0.05) is 0 Å². The van der Waals surface area contributed by atoms with Gasteiger partial charge in [0.15, 0.2) is 0 Å². The molecule has 4 rings (SSSR count). The van der Waals surface area contributed by atoms with Gasteiger partial charge < -0.3 is 20.4 Å². The Labute approximate surface area is 238 Å². The third-order valence-corrected chi connectivity index (χ3v) is 7.14. The molecule has 0 unspecified atom stereocenters. The molecule has 0 saturated carbocycles. The van der Waals surface area contributed by atoms with Gasteiger partial charge in [-0.3, -0.25) is 0 Å². The number of benzene rings is 2. The van der Waals surface area contributed by atoms with Crippen LogP contribution in [0.25, 0.3) is 10.6 Å². The van der Waals surface area contributed by atoms with Gasteiger partial charge in [0.2, 0.25) is 0 Å². The molecule has 180 valence electrons. The van der Waals surface area contributed by atoms with Crippen molar-refractivity contribution in [3.63, 3.8) is 0 Å². The van der Waals surface area contributed by atoms with Gasteiger partial charge in [0.05, 0.1) is 0 Å². The maximum Gasteiger partial charge on any atom is 1.00 e. The number of likely N-dealkylation sites (tertiary alicyclic amines) is 2.